The number of ether oxygens (including phenoxy) is 1. The Balaban J connectivity index is 1.88. The van der Waals surface area contributed by atoms with Crippen LogP contribution < -0.4 is 5.32 Å². The molecule has 1 aromatic carbocycles. The van der Waals surface area contributed by atoms with Crippen molar-refractivity contribution in [3.63, 3.8) is 0 Å². The molecule has 1 aliphatic rings. The van der Waals surface area contributed by atoms with Crippen molar-refractivity contribution in [2.24, 2.45) is 0 Å². The van der Waals surface area contributed by atoms with Crippen LogP contribution in [0, 0.1) is 11.3 Å². The molecule has 0 radical (unpaired) electrons. The largest absolute Gasteiger partial charge is 0.490 e. The number of nitrogens with zero attached hydrogens (tertiary/aromatic N) is 3. The fourth-order valence-corrected chi connectivity index (χ4v) is 4.39. The minimum Gasteiger partial charge on any atom is -0.490 e. The number of nitriles is 1. The van der Waals surface area contributed by atoms with Gasteiger partial charge in [-0.05, 0) is 63.9 Å². The van der Waals surface area contributed by atoms with Crippen molar-refractivity contribution in [2.75, 3.05) is 7.05 Å². The molecule has 1 unspecified atom stereocenters. The van der Waals surface area contributed by atoms with Gasteiger partial charge in [-0.3, -0.25) is 0 Å². The first kappa shape index (κ1) is 21.0. The van der Waals surface area contributed by atoms with Gasteiger partial charge < -0.3 is 10.1 Å². The third-order valence-corrected chi connectivity index (χ3v) is 5.91. The Bertz CT molecular complexity index is 1010. The molecule has 1 heterocycles. The number of nitrogens with one attached hydrogen (secondary N) is 1. The van der Waals surface area contributed by atoms with Crippen molar-refractivity contribution >= 4 is 16.9 Å². The SMILES string of the molecule is C=C(/C=C(C#N)\C(=C/C)OC(C)C)c1nnc(-c2cccc3c2CCC3NC)s1. The van der Waals surface area contributed by atoms with Gasteiger partial charge in [-0.2, -0.15) is 5.26 Å². The monoisotopic (exact) mass is 406 g/mol. The van der Waals surface area contributed by atoms with Crippen molar-refractivity contribution in [1.82, 2.24) is 15.5 Å². The Labute approximate surface area is 176 Å². The van der Waals surface area contributed by atoms with Crippen LogP contribution in [0.2, 0.25) is 0 Å². The Morgan fingerprint density at radius 2 is 2.21 bits per heavy atom. The summed E-state index contributed by atoms with van der Waals surface area (Å²) < 4.78 is 5.73. The van der Waals surface area contributed by atoms with Crippen molar-refractivity contribution in [2.45, 2.75) is 45.8 Å². The summed E-state index contributed by atoms with van der Waals surface area (Å²) in [6, 6.07) is 8.96. The maximum atomic E-state index is 9.55. The fourth-order valence-electron chi connectivity index (χ4n) is 3.55. The summed E-state index contributed by atoms with van der Waals surface area (Å²) in [5.74, 6) is 0.548. The van der Waals surface area contributed by atoms with Gasteiger partial charge in [0, 0.05) is 17.2 Å². The highest BCUT2D eigenvalue weighted by Crippen LogP contribution is 2.39. The quantitative estimate of drug-likeness (QED) is 0.388. The van der Waals surface area contributed by atoms with Gasteiger partial charge in [-0.1, -0.05) is 36.1 Å². The van der Waals surface area contributed by atoms with Gasteiger partial charge in [0.1, 0.15) is 21.8 Å². The lowest BCUT2D eigenvalue weighted by molar-refractivity contribution is 0.155. The summed E-state index contributed by atoms with van der Waals surface area (Å²) in [4.78, 5) is 0. The number of aromatic nitrogens is 2. The first-order valence-electron chi connectivity index (χ1n) is 9.75. The van der Waals surface area contributed by atoms with E-state index in [0.717, 1.165) is 23.4 Å². The smallest absolute Gasteiger partial charge is 0.148 e. The first-order chi connectivity index (χ1) is 14.0. The van der Waals surface area contributed by atoms with E-state index in [2.05, 4.69) is 46.4 Å². The molecule has 0 spiro atoms. The normalized spacial score (nSPS) is 16.6. The second-order valence-corrected chi connectivity index (χ2v) is 8.16. The van der Waals surface area contributed by atoms with Gasteiger partial charge in [-0.25, -0.2) is 0 Å². The van der Waals surface area contributed by atoms with Gasteiger partial charge in [0.25, 0.3) is 0 Å². The van der Waals surface area contributed by atoms with Gasteiger partial charge in [0.05, 0.1) is 11.7 Å². The molecule has 6 heteroatoms. The lowest BCUT2D eigenvalue weighted by Crippen LogP contribution is -2.12. The number of hydrogen-bond donors (Lipinski definition) is 1. The summed E-state index contributed by atoms with van der Waals surface area (Å²) in [5.41, 5.74) is 4.91. The molecule has 0 aliphatic heterocycles. The Hall–Kier alpha value is -2.75. The highest BCUT2D eigenvalue weighted by Gasteiger charge is 2.25. The highest BCUT2D eigenvalue weighted by atomic mass is 32.1. The van der Waals surface area contributed by atoms with E-state index in [1.807, 2.05) is 27.8 Å². The Morgan fingerprint density at radius 3 is 2.86 bits per heavy atom. The molecule has 150 valence electrons. The minimum atomic E-state index is -0.0130. The predicted molar refractivity (Wildman–Crippen MR) is 118 cm³/mol. The number of hydrogen-bond acceptors (Lipinski definition) is 6. The van der Waals surface area contributed by atoms with Crippen LogP contribution in [0.15, 0.2) is 48.3 Å². The summed E-state index contributed by atoms with van der Waals surface area (Å²) in [6.07, 6.45) is 5.62. The zero-order valence-corrected chi connectivity index (χ0v) is 18.1. The predicted octanol–water partition coefficient (Wildman–Crippen LogP) is 5.20. The van der Waals surface area contributed by atoms with Crippen LogP contribution in [0.4, 0.5) is 0 Å². The van der Waals surface area contributed by atoms with Crippen LogP contribution in [0.1, 0.15) is 49.4 Å². The molecular weight excluding hydrogens is 380 g/mol. The second kappa shape index (κ2) is 9.17. The molecule has 1 aliphatic carbocycles. The van der Waals surface area contributed by atoms with Crippen molar-refractivity contribution < 1.29 is 4.74 Å². The van der Waals surface area contributed by atoms with Gasteiger partial charge in [0.2, 0.25) is 0 Å². The molecule has 1 aromatic heterocycles. The van der Waals surface area contributed by atoms with E-state index >= 15 is 0 Å². The summed E-state index contributed by atoms with van der Waals surface area (Å²) >= 11 is 1.50. The summed E-state index contributed by atoms with van der Waals surface area (Å²) in [5, 5.41) is 23.3. The van der Waals surface area contributed by atoms with E-state index in [9.17, 15) is 5.26 Å². The van der Waals surface area contributed by atoms with Crippen molar-refractivity contribution in [1.29, 1.82) is 5.26 Å². The third kappa shape index (κ3) is 4.47. The molecule has 2 aromatic rings. The molecular formula is C23H26N4OS. The molecule has 0 fully saturated rings. The van der Waals surface area contributed by atoms with E-state index in [0.29, 0.717) is 28.0 Å². The van der Waals surface area contributed by atoms with Gasteiger partial charge in [-0.15, -0.1) is 10.2 Å². The molecule has 1 N–H and O–H groups in total. The lowest BCUT2D eigenvalue weighted by atomic mass is 10.0. The van der Waals surface area contributed by atoms with Gasteiger partial charge >= 0.3 is 0 Å². The minimum absolute atomic E-state index is 0.0130. The zero-order chi connectivity index (χ0) is 21.0. The maximum absolute atomic E-state index is 9.55. The van der Waals surface area contributed by atoms with Crippen LogP contribution in [0.5, 0.6) is 0 Å². The summed E-state index contributed by atoms with van der Waals surface area (Å²) in [6.45, 7) is 9.81. The highest BCUT2D eigenvalue weighted by molar-refractivity contribution is 7.15. The van der Waals surface area contributed by atoms with E-state index < -0.39 is 0 Å². The van der Waals surface area contributed by atoms with Crippen LogP contribution >= 0.6 is 11.3 Å². The molecule has 1 atom stereocenters. The number of rotatable bonds is 7. The van der Waals surface area contributed by atoms with Crippen molar-refractivity contribution in [3.8, 4) is 16.6 Å². The summed E-state index contributed by atoms with van der Waals surface area (Å²) in [7, 11) is 2.00. The van der Waals surface area contributed by atoms with Crippen LogP contribution in [-0.2, 0) is 11.2 Å². The fraction of sp³-hybridized carbons (Fsp3) is 0.348. The number of fused-ring (bicyclic) bond motifs is 1. The van der Waals surface area contributed by atoms with Crippen LogP contribution in [0.25, 0.3) is 16.1 Å². The van der Waals surface area contributed by atoms with E-state index in [1.54, 1.807) is 12.2 Å². The maximum Gasteiger partial charge on any atom is 0.148 e. The van der Waals surface area contributed by atoms with Crippen molar-refractivity contribution in [3.05, 3.63) is 64.4 Å². The van der Waals surface area contributed by atoms with E-state index in [4.69, 9.17) is 4.74 Å². The molecule has 3 rings (SSSR count). The third-order valence-electron chi connectivity index (χ3n) is 4.88. The average molecular weight is 407 g/mol. The Morgan fingerprint density at radius 1 is 1.41 bits per heavy atom. The van der Waals surface area contributed by atoms with Crippen LogP contribution in [-0.4, -0.2) is 23.3 Å². The molecule has 0 saturated heterocycles. The topological polar surface area (TPSA) is 70.8 Å². The lowest BCUT2D eigenvalue weighted by Gasteiger charge is -2.12. The van der Waals surface area contributed by atoms with Crippen LogP contribution in [0.3, 0.4) is 0 Å². The Kier molecular flexibility index (Phi) is 6.63. The second-order valence-electron chi connectivity index (χ2n) is 7.18. The van der Waals surface area contributed by atoms with E-state index in [1.165, 1.54) is 22.5 Å². The molecule has 29 heavy (non-hydrogen) atoms. The standard InChI is InChI=1S/C23H26N4OS/c1-6-21(28-14(2)3)16(13-24)12-15(4)22-26-27-23(29-22)19-9-7-8-18-17(19)10-11-20(18)25-5/h6-9,12,14,20,25H,4,10-11H2,1-3,5H3/b16-12-,21-6+. The zero-order valence-electron chi connectivity index (χ0n) is 17.3. The molecule has 0 bridgehead atoms. The van der Waals surface area contributed by atoms with E-state index in [-0.39, 0.29) is 6.10 Å². The molecule has 5 nitrogen and oxygen atoms in total. The molecule has 0 saturated carbocycles. The first-order valence-corrected chi connectivity index (χ1v) is 10.6. The average Bonchev–Trinajstić information content (AvgIpc) is 3.37. The molecule has 0 amide bonds. The van der Waals surface area contributed by atoms with Gasteiger partial charge in [0.15, 0.2) is 0 Å². The number of allylic oxidation sites excluding steroid dienone is 4. The number of benzene rings is 1.